The topological polar surface area (TPSA) is 0 Å². The van der Waals surface area contributed by atoms with Crippen LogP contribution in [0.1, 0.15) is 42.4 Å². The summed E-state index contributed by atoms with van der Waals surface area (Å²) in [5, 5.41) is 0.847. The first-order chi connectivity index (χ1) is 7.10. The Kier molecular flexibility index (Phi) is 4.24. The third-order valence-electron chi connectivity index (χ3n) is 2.91. The summed E-state index contributed by atoms with van der Waals surface area (Å²) in [6.45, 7) is 6.33. The Morgan fingerprint density at radius 3 is 2.47 bits per heavy atom. The van der Waals surface area contributed by atoms with Crippen molar-refractivity contribution < 1.29 is 0 Å². The summed E-state index contributed by atoms with van der Waals surface area (Å²) >= 11 is 6.24. The van der Waals surface area contributed by atoms with E-state index in [9.17, 15) is 0 Å². The summed E-state index contributed by atoms with van der Waals surface area (Å²) in [6.07, 6.45) is 7.16. The smallest absolute Gasteiger partial charge is 0.0443 e. The third kappa shape index (κ3) is 2.76. The predicted molar refractivity (Wildman–Crippen MR) is 67.4 cm³/mol. The van der Waals surface area contributed by atoms with Gasteiger partial charge in [-0.25, -0.2) is 0 Å². The lowest BCUT2D eigenvalue weighted by molar-refractivity contribution is 0.684. The Labute approximate surface area is 97.7 Å². The van der Waals surface area contributed by atoms with Gasteiger partial charge >= 0.3 is 0 Å². The molecule has 0 saturated heterocycles. The second kappa shape index (κ2) is 5.24. The number of aryl methyl sites for hydroxylation is 2. The van der Waals surface area contributed by atoms with E-state index in [1.54, 1.807) is 0 Å². The number of halogens is 1. The predicted octanol–water partition coefficient (Wildman–Crippen LogP) is 4.47. The molecule has 0 bridgehead atoms. The van der Waals surface area contributed by atoms with Crippen molar-refractivity contribution in [2.75, 3.05) is 0 Å². The van der Waals surface area contributed by atoms with Crippen molar-refractivity contribution in [1.82, 2.24) is 0 Å². The van der Waals surface area contributed by atoms with Gasteiger partial charge < -0.3 is 0 Å². The van der Waals surface area contributed by atoms with E-state index in [-0.39, 0.29) is 0 Å². The number of rotatable bonds is 3. The minimum Gasteiger partial charge on any atom is -0.120 e. The fourth-order valence-corrected chi connectivity index (χ4v) is 2.11. The van der Waals surface area contributed by atoms with E-state index in [1.165, 1.54) is 16.7 Å². The van der Waals surface area contributed by atoms with Gasteiger partial charge in [-0.1, -0.05) is 24.6 Å². The van der Waals surface area contributed by atoms with Crippen molar-refractivity contribution in [1.29, 1.82) is 0 Å². The molecule has 1 heteroatoms. The zero-order valence-corrected chi connectivity index (χ0v) is 10.4. The highest BCUT2D eigenvalue weighted by Crippen LogP contribution is 2.31. The molecule has 0 aliphatic heterocycles. The highest BCUT2D eigenvalue weighted by molar-refractivity contribution is 6.31. The molecule has 1 rings (SSSR count). The summed E-state index contributed by atoms with van der Waals surface area (Å²) in [6, 6.07) is 4.20. The molecule has 0 aliphatic rings. The molecular formula is C14H17Cl. The van der Waals surface area contributed by atoms with Crippen LogP contribution in [0, 0.1) is 26.2 Å². The van der Waals surface area contributed by atoms with Crippen LogP contribution in [0.5, 0.6) is 0 Å². The molecule has 0 saturated carbocycles. The molecular weight excluding hydrogens is 204 g/mol. The summed E-state index contributed by atoms with van der Waals surface area (Å²) in [5.74, 6) is 3.11. The first-order valence-corrected chi connectivity index (χ1v) is 5.68. The molecule has 80 valence electrons. The normalized spacial score (nSPS) is 12.2. The van der Waals surface area contributed by atoms with Gasteiger partial charge in [-0.15, -0.1) is 12.3 Å². The largest absolute Gasteiger partial charge is 0.120 e. The van der Waals surface area contributed by atoms with Gasteiger partial charge in [0, 0.05) is 11.4 Å². The molecule has 1 aromatic rings. The molecule has 0 N–H and O–H groups in total. The Hall–Kier alpha value is -0.930. The standard InChI is InChI=1S/C14H17Cl/c1-5-7-12(6-2)13-8-10(3)11(4)9-14(13)15/h1,8-9,12H,6-7H2,2-4H3. The fourth-order valence-electron chi connectivity index (χ4n) is 1.73. The molecule has 1 atom stereocenters. The lowest BCUT2D eigenvalue weighted by Crippen LogP contribution is -1.99. The van der Waals surface area contributed by atoms with Crippen LogP contribution in [0.3, 0.4) is 0 Å². The van der Waals surface area contributed by atoms with Gasteiger partial charge in [0.2, 0.25) is 0 Å². The van der Waals surface area contributed by atoms with Crippen LogP contribution in [0.25, 0.3) is 0 Å². The third-order valence-corrected chi connectivity index (χ3v) is 3.24. The number of hydrogen-bond donors (Lipinski definition) is 0. The maximum Gasteiger partial charge on any atom is 0.0443 e. The molecule has 0 aliphatic carbocycles. The van der Waals surface area contributed by atoms with Gasteiger partial charge in [-0.3, -0.25) is 0 Å². The van der Waals surface area contributed by atoms with E-state index in [0.717, 1.165) is 17.9 Å². The highest BCUT2D eigenvalue weighted by atomic mass is 35.5. The molecule has 0 amide bonds. The monoisotopic (exact) mass is 220 g/mol. The van der Waals surface area contributed by atoms with Gasteiger partial charge in [-0.2, -0.15) is 0 Å². The summed E-state index contributed by atoms with van der Waals surface area (Å²) in [5.41, 5.74) is 3.71. The number of hydrogen-bond acceptors (Lipinski definition) is 0. The summed E-state index contributed by atoms with van der Waals surface area (Å²) < 4.78 is 0. The second-order valence-corrected chi connectivity index (χ2v) is 4.38. The van der Waals surface area contributed by atoms with Gasteiger partial charge in [0.15, 0.2) is 0 Å². The van der Waals surface area contributed by atoms with Gasteiger partial charge in [0.25, 0.3) is 0 Å². The Balaban J connectivity index is 3.13. The van der Waals surface area contributed by atoms with E-state index in [4.69, 9.17) is 18.0 Å². The van der Waals surface area contributed by atoms with Crippen LogP contribution in [-0.2, 0) is 0 Å². The first-order valence-electron chi connectivity index (χ1n) is 5.30. The molecule has 1 aromatic carbocycles. The van der Waals surface area contributed by atoms with Crippen LogP contribution in [0.4, 0.5) is 0 Å². The average molecular weight is 221 g/mol. The van der Waals surface area contributed by atoms with Crippen molar-refractivity contribution in [2.24, 2.45) is 0 Å². The highest BCUT2D eigenvalue weighted by Gasteiger charge is 2.12. The minimum absolute atomic E-state index is 0.391. The van der Waals surface area contributed by atoms with E-state index >= 15 is 0 Å². The van der Waals surface area contributed by atoms with Crippen LogP contribution in [-0.4, -0.2) is 0 Å². The van der Waals surface area contributed by atoms with E-state index in [0.29, 0.717) is 5.92 Å². The molecule has 0 aromatic heterocycles. The van der Waals surface area contributed by atoms with E-state index in [1.807, 2.05) is 6.07 Å². The van der Waals surface area contributed by atoms with Crippen molar-refractivity contribution in [2.45, 2.75) is 39.5 Å². The minimum atomic E-state index is 0.391. The Bertz CT molecular complexity index is 385. The SMILES string of the molecule is C#CCC(CC)c1cc(C)c(C)cc1Cl. The fraction of sp³-hybridized carbons (Fsp3) is 0.429. The number of terminal acetylenes is 1. The second-order valence-electron chi connectivity index (χ2n) is 3.97. The Morgan fingerprint density at radius 1 is 1.33 bits per heavy atom. The lowest BCUT2D eigenvalue weighted by Gasteiger charge is -2.16. The molecule has 0 spiro atoms. The summed E-state index contributed by atoms with van der Waals surface area (Å²) in [7, 11) is 0. The van der Waals surface area contributed by atoms with Gasteiger partial charge in [0.05, 0.1) is 0 Å². The van der Waals surface area contributed by atoms with Crippen molar-refractivity contribution in [3.8, 4) is 12.3 Å². The first kappa shape index (κ1) is 12.1. The number of benzene rings is 1. The van der Waals surface area contributed by atoms with Crippen LogP contribution in [0.15, 0.2) is 12.1 Å². The van der Waals surface area contributed by atoms with Gasteiger partial charge in [0.1, 0.15) is 0 Å². The van der Waals surface area contributed by atoms with Gasteiger partial charge in [-0.05, 0) is 48.9 Å². The van der Waals surface area contributed by atoms with Crippen LogP contribution < -0.4 is 0 Å². The molecule has 0 heterocycles. The van der Waals surface area contributed by atoms with E-state index in [2.05, 4.69) is 32.8 Å². The Morgan fingerprint density at radius 2 is 1.93 bits per heavy atom. The molecule has 0 radical (unpaired) electrons. The van der Waals surface area contributed by atoms with Crippen molar-refractivity contribution in [3.05, 3.63) is 33.8 Å². The summed E-state index contributed by atoms with van der Waals surface area (Å²) in [4.78, 5) is 0. The van der Waals surface area contributed by atoms with Crippen molar-refractivity contribution in [3.63, 3.8) is 0 Å². The zero-order chi connectivity index (χ0) is 11.4. The zero-order valence-electron chi connectivity index (χ0n) is 9.60. The molecule has 15 heavy (non-hydrogen) atoms. The van der Waals surface area contributed by atoms with E-state index < -0.39 is 0 Å². The van der Waals surface area contributed by atoms with Crippen LogP contribution in [0.2, 0.25) is 5.02 Å². The lowest BCUT2D eigenvalue weighted by atomic mass is 9.91. The molecule has 0 fully saturated rings. The van der Waals surface area contributed by atoms with Crippen molar-refractivity contribution >= 4 is 11.6 Å². The van der Waals surface area contributed by atoms with Crippen LogP contribution >= 0.6 is 11.6 Å². The maximum atomic E-state index is 6.24. The molecule has 1 unspecified atom stereocenters. The molecule has 0 nitrogen and oxygen atoms in total. The average Bonchev–Trinajstić information content (AvgIpc) is 2.20. The maximum absolute atomic E-state index is 6.24. The quantitative estimate of drug-likeness (QED) is 0.660.